The van der Waals surface area contributed by atoms with E-state index in [9.17, 15) is 0 Å². The Labute approximate surface area is 98.4 Å². The summed E-state index contributed by atoms with van der Waals surface area (Å²) in [5, 5.41) is 7.01. The van der Waals surface area contributed by atoms with E-state index in [0.717, 1.165) is 25.7 Å². The molecule has 0 aliphatic heterocycles. The fourth-order valence-electron chi connectivity index (χ4n) is 1.87. The van der Waals surface area contributed by atoms with Crippen LogP contribution in [0, 0.1) is 0 Å². The molecule has 2 N–H and O–H groups in total. The molecular formula is C14H22N2. The molecule has 0 radical (unpaired) electrons. The number of benzene rings is 1. The first kappa shape index (κ1) is 11.6. The zero-order valence-electron chi connectivity index (χ0n) is 10.1. The summed E-state index contributed by atoms with van der Waals surface area (Å²) in [4.78, 5) is 0. The van der Waals surface area contributed by atoms with E-state index < -0.39 is 0 Å². The number of hydrogen-bond donors (Lipinski definition) is 2. The Hall–Kier alpha value is -0.860. The van der Waals surface area contributed by atoms with Gasteiger partial charge in [-0.1, -0.05) is 37.3 Å². The van der Waals surface area contributed by atoms with Gasteiger partial charge in [-0.2, -0.15) is 0 Å². The maximum atomic E-state index is 3.51. The third-order valence-corrected chi connectivity index (χ3v) is 3.13. The maximum Gasteiger partial charge on any atom is 0.00793 e. The highest BCUT2D eigenvalue weighted by Gasteiger charge is 2.19. The number of rotatable bonds is 7. The van der Waals surface area contributed by atoms with E-state index in [1.165, 1.54) is 18.4 Å². The summed E-state index contributed by atoms with van der Waals surface area (Å²) < 4.78 is 0. The summed E-state index contributed by atoms with van der Waals surface area (Å²) in [6.07, 6.45) is 2.75. The lowest BCUT2D eigenvalue weighted by Crippen LogP contribution is -2.30. The highest BCUT2D eigenvalue weighted by atomic mass is 15.0. The smallest absolute Gasteiger partial charge is 0.00793 e. The molecule has 1 aromatic rings. The van der Waals surface area contributed by atoms with Crippen LogP contribution in [0.25, 0.3) is 0 Å². The normalized spacial score (nSPS) is 17.3. The standard InChI is InChI=1S/C14H22N2/c1-12(13-5-3-2-4-6-13)11-15-9-10-16-14-7-8-14/h2-6,12,14-16H,7-11H2,1H3. The minimum atomic E-state index is 0.599. The number of hydrogen-bond acceptors (Lipinski definition) is 2. The molecule has 16 heavy (non-hydrogen) atoms. The molecule has 2 heteroatoms. The van der Waals surface area contributed by atoms with Crippen LogP contribution in [0.4, 0.5) is 0 Å². The van der Waals surface area contributed by atoms with E-state index in [-0.39, 0.29) is 0 Å². The Balaban J connectivity index is 1.58. The summed E-state index contributed by atoms with van der Waals surface area (Å²) >= 11 is 0. The largest absolute Gasteiger partial charge is 0.315 e. The summed E-state index contributed by atoms with van der Waals surface area (Å²) in [6.45, 7) is 5.52. The van der Waals surface area contributed by atoms with Crippen molar-refractivity contribution in [2.24, 2.45) is 0 Å². The molecule has 2 rings (SSSR count). The van der Waals surface area contributed by atoms with Gasteiger partial charge in [0.2, 0.25) is 0 Å². The molecule has 1 fully saturated rings. The topological polar surface area (TPSA) is 24.1 Å². The molecule has 1 aliphatic carbocycles. The molecule has 1 unspecified atom stereocenters. The second-order valence-corrected chi connectivity index (χ2v) is 4.74. The number of nitrogens with one attached hydrogen (secondary N) is 2. The third kappa shape index (κ3) is 3.95. The highest BCUT2D eigenvalue weighted by Crippen LogP contribution is 2.17. The second kappa shape index (κ2) is 6.02. The second-order valence-electron chi connectivity index (χ2n) is 4.74. The quantitative estimate of drug-likeness (QED) is 0.685. The predicted octanol–water partition coefficient (Wildman–Crippen LogP) is 2.13. The molecule has 88 valence electrons. The van der Waals surface area contributed by atoms with Crippen LogP contribution in [0.5, 0.6) is 0 Å². The van der Waals surface area contributed by atoms with Gasteiger partial charge in [-0.15, -0.1) is 0 Å². The molecule has 0 bridgehead atoms. The SMILES string of the molecule is CC(CNCCNC1CC1)c1ccccc1. The van der Waals surface area contributed by atoms with Crippen LogP contribution in [0.2, 0.25) is 0 Å². The Morgan fingerprint density at radius 1 is 1.19 bits per heavy atom. The fourth-order valence-corrected chi connectivity index (χ4v) is 1.87. The lowest BCUT2D eigenvalue weighted by atomic mass is 10.0. The Morgan fingerprint density at radius 2 is 1.94 bits per heavy atom. The van der Waals surface area contributed by atoms with E-state index >= 15 is 0 Å². The molecule has 0 spiro atoms. The van der Waals surface area contributed by atoms with Gasteiger partial charge in [0.05, 0.1) is 0 Å². The van der Waals surface area contributed by atoms with Gasteiger partial charge in [-0.05, 0) is 24.3 Å². The molecule has 1 atom stereocenters. The first-order valence-electron chi connectivity index (χ1n) is 6.35. The van der Waals surface area contributed by atoms with Gasteiger partial charge < -0.3 is 10.6 Å². The average molecular weight is 218 g/mol. The van der Waals surface area contributed by atoms with Gasteiger partial charge in [0.1, 0.15) is 0 Å². The van der Waals surface area contributed by atoms with E-state index in [1.54, 1.807) is 0 Å². The predicted molar refractivity (Wildman–Crippen MR) is 68.8 cm³/mol. The summed E-state index contributed by atoms with van der Waals surface area (Å²) in [6, 6.07) is 11.5. The maximum absolute atomic E-state index is 3.51. The summed E-state index contributed by atoms with van der Waals surface area (Å²) in [7, 11) is 0. The molecular weight excluding hydrogens is 196 g/mol. The van der Waals surface area contributed by atoms with Crippen LogP contribution in [0.1, 0.15) is 31.2 Å². The van der Waals surface area contributed by atoms with Crippen molar-refractivity contribution < 1.29 is 0 Å². The van der Waals surface area contributed by atoms with Crippen molar-refractivity contribution in [1.29, 1.82) is 0 Å². The van der Waals surface area contributed by atoms with Crippen molar-refractivity contribution >= 4 is 0 Å². The Morgan fingerprint density at radius 3 is 2.62 bits per heavy atom. The third-order valence-electron chi connectivity index (χ3n) is 3.13. The van der Waals surface area contributed by atoms with Gasteiger partial charge in [-0.25, -0.2) is 0 Å². The molecule has 1 saturated carbocycles. The molecule has 0 amide bonds. The van der Waals surface area contributed by atoms with E-state index in [0.29, 0.717) is 5.92 Å². The molecule has 2 nitrogen and oxygen atoms in total. The van der Waals surface area contributed by atoms with Crippen molar-refractivity contribution in [3.05, 3.63) is 35.9 Å². The van der Waals surface area contributed by atoms with Crippen LogP contribution >= 0.6 is 0 Å². The van der Waals surface area contributed by atoms with Gasteiger partial charge in [-0.3, -0.25) is 0 Å². The highest BCUT2D eigenvalue weighted by molar-refractivity contribution is 5.18. The van der Waals surface area contributed by atoms with Crippen molar-refractivity contribution in [2.75, 3.05) is 19.6 Å². The van der Waals surface area contributed by atoms with E-state index in [2.05, 4.69) is 47.9 Å². The van der Waals surface area contributed by atoms with Gasteiger partial charge in [0, 0.05) is 25.7 Å². The van der Waals surface area contributed by atoms with Crippen LogP contribution < -0.4 is 10.6 Å². The average Bonchev–Trinajstić information content (AvgIpc) is 3.13. The van der Waals surface area contributed by atoms with Crippen LogP contribution in [-0.2, 0) is 0 Å². The van der Waals surface area contributed by atoms with Crippen molar-refractivity contribution in [2.45, 2.75) is 31.7 Å². The first-order chi connectivity index (χ1) is 7.86. The van der Waals surface area contributed by atoms with Gasteiger partial charge in [0.25, 0.3) is 0 Å². The molecule has 0 aromatic heterocycles. The molecule has 0 saturated heterocycles. The minimum absolute atomic E-state index is 0.599. The summed E-state index contributed by atoms with van der Waals surface area (Å²) in [5.74, 6) is 0.599. The molecule has 1 aromatic carbocycles. The van der Waals surface area contributed by atoms with Crippen LogP contribution in [0.15, 0.2) is 30.3 Å². The van der Waals surface area contributed by atoms with Crippen molar-refractivity contribution in [1.82, 2.24) is 10.6 Å². The van der Waals surface area contributed by atoms with Gasteiger partial charge >= 0.3 is 0 Å². The Bertz CT molecular complexity index is 293. The lowest BCUT2D eigenvalue weighted by Gasteiger charge is -2.13. The Kier molecular flexibility index (Phi) is 4.37. The van der Waals surface area contributed by atoms with Crippen molar-refractivity contribution in [3.8, 4) is 0 Å². The first-order valence-corrected chi connectivity index (χ1v) is 6.35. The van der Waals surface area contributed by atoms with Crippen LogP contribution in [-0.4, -0.2) is 25.7 Å². The van der Waals surface area contributed by atoms with Gasteiger partial charge in [0.15, 0.2) is 0 Å². The zero-order valence-corrected chi connectivity index (χ0v) is 10.1. The summed E-state index contributed by atoms with van der Waals surface area (Å²) in [5.41, 5.74) is 1.42. The molecule has 1 aliphatic rings. The van der Waals surface area contributed by atoms with Crippen LogP contribution in [0.3, 0.4) is 0 Å². The van der Waals surface area contributed by atoms with E-state index in [4.69, 9.17) is 0 Å². The fraction of sp³-hybridized carbons (Fsp3) is 0.571. The lowest BCUT2D eigenvalue weighted by molar-refractivity contribution is 0.576. The minimum Gasteiger partial charge on any atom is -0.315 e. The van der Waals surface area contributed by atoms with E-state index in [1.807, 2.05) is 0 Å². The monoisotopic (exact) mass is 218 g/mol. The zero-order chi connectivity index (χ0) is 11.2. The van der Waals surface area contributed by atoms with Crippen molar-refractivity contribution in [3.63, 3.8) is 0 Å². The molecule has 0 heterocycles.